The third-order valence-electron chi connectivity index (χ3n) is 5.56. The Labute approximate surface area is 174 Å². The maximum Gasteiger partial charge on any atom is 0.253 e. The minimum Gasteiger partial charge on any atom is -0.348 e. The first-order valence-electron chi connectivity index (χ1n) is 10.6. The van der Waals surface area contributed by atoms with Gasteiger partial charge in [0.15, 0.2) is 0 Å². The van der Waals surface area contributed by atoms with Gasteiger partial charge < -0.3 is 10.2 Å². The average molecular weight is 393 g/mol. The SMILES string of the molecule is CC(C)(C)c1ccc(C(=O)NCc2ccc(C(=O)N3CCCCCC3)cc2)cc1. The zero-order valence-electron chi connectivity index (χ0n) is 17.8. The maximum absolute atomic E-state index is 12.7. The third kappa shape index (κ3) is 5.69. The molecule has 154 valence electrons. The summed E-state index contributed by atoms with van der Waals surface area (Å²) in [5, 5.41) is 2.96. The fourth-order valence-corrected chi connectivity index (χ4v) is 3.63. The Morgan fingerprint density at radius 1 is 0.828 bits per heavy atom. The summed E-state index contributed by atoms with van der Waals surface area (Å²) < 4.78 is 0. The molecule has 1 aliphatic rings. The van der Waals surface area contributed by atoms with Crippen LogP contribution in [0.2, 0.25) is 0 Å². The number of nitrogens with one attached hydrogen (secondary N) is 1. The molecule has 0 atom stereocenters. The number of benzene rings is 2. The van der Waals surface area contributed by atoms with Gasteiger partial charge in [-0.1, -0.05) is 57.9 Å². The number of nitrogens with zero attached hydrogens (tertiary/aromatic N) is 1. The van der Waals surface area contributed by atoms with Gasteiger partial charge >= 0.3 is 0 Å². The van der Waals surface area contributed by atoms with Crippen LogP contribution < -0.4 is 5.32 Å². The predicted molar refractivity (Wildman–Crippen MR) is 117 cm³/mol. The Morgan fingerprint density at radius 3 is 1.93 bits per heavy atom. The van der Waals surface area contributed by atoms with Gasteiger partial charge in [-0.3, -0.25) is 9.59 Å². The molecule has 3 rings (SSSR count). The second-order valence-electron chi connectivity index (χ2n) is 8.91. The molecule has 0 spiro atoms. The Kier molecular flexibility index (Phi) is 6.73. The molecular formula is C25H32N2O2. The zero-order valence-corrected chi connectivity index (χ0v) is 17.8. The van der Waals surface area contributed by atoms with E-state index in [9.17, 15) is 9.59 Å². The van der Waals surface area contributed by atoms with E-state index >= 15 is 0 Å². The quantitative estimate of drug-likeness (QED) is 0.802. The lowest BCUT2D eigenvalue weighted by molar-refractivity contribution is 0.0761. The molecule has 1 heterocycles. The second-order valence-corrected chi connectivity index (χ2v) is 8.91. The number of hydrogen-bond acceptors (Lipinski definition) is 2. The minimum absolute atomic E-state index is 0.0709. The molecule has 2 aromatic carbocycles. The van der Waals surface area contributed by atoms with Gasteiger partial charge in [0, 0.05) is 30.8 Å². The molecule has 0 unspecified atom stereocenters. The highest BCUT2D eigenvalue weighted by Gasteiger charge is 2.17. The van der Waals surface area contributed by atoms with Gasteiger partial charge in [0.05, 0.1) is 0 Å². The largest absolute Gasteiger partial charge is 0.348 e. The summed E-state index contributed by atoms with van der Waals surface area (Å²) in [6.45, 7) is 8.61. The minimum atomic E-state index is -0.0878. The van der Waals surface area contributed by atoms with Crippen LogP contribution in [0.3, 0.4) is 0 Å². The van der Waals surface area contributed by atoms with E-state index in [1.807, 2.05) is 53.4 Å². The molecule has 0 aliphatic carbocycles. The monoisotopic (exact) mass is 392 g/mol. The number of likely N-dealkylation sites (tertiary alicyclic amines) is 1. The third-order valence-corrected chi connectivity index (χ3v) is 5.56. The molecule has 2 amide bonds. The molecule has 4 heteroatoms. The molecule has 0 saturated carbocycles. The van der Waals surface area contributed by atoms with Crippen molar-refractivity contribution in [3.8, 4) is 0 Å². The van der Waals surface area contributed by atoms with Crippen molar-refractivity contribution in [2.75, 3.05) is 13.1 Å². The molecule has 0 aromatic heterocycles. The summed E-state index contributed by atoms with van der Waals surface area (Å²) in [6.07, 6.45) is 4.60. The molecule has 4 nitrogen and oxygen atoms in total. The van der Waals surface area contributed by atoms with E-state index < -0.39 is 0 Å². The van der Waals surface area contributed by atoms with Gasteiger partial charge in [0.1, 0.15) is 0 Å². The van der Waals surface area contributed by atoms with Crippen molar-refractivity contribution >= 4 is 11.8 Å². The van der Waals surface area contributed by atoms with Crippen molar-refractivity contribution in [1.29, 1.82) is 0 Å². The van der Waals surface area contributed by atoms with Crippen molar-refractivity contribution in [1.82, 2.24) is 10.2 Å². The molecule has 2 aromatic rings. The van der Waals surface area contributed by atoms with Crippen molar-refractivity contribution < 1.29 is 9.59 Å². The summed E-state index contributed by atoms with van der Waals surface area (Å²) in [5.74, 6) is 0.0246. The fraction of sp³-hybridized carbons (Fsp3) is 0.440. The number of rotatable bonds is 4. The van der Waals surface area contributed by atoms with Gasteiger partial charge in [0.25, 0.3) is 11.8 Å². The van der Waals surface area contributed by atoms with Crippen LogP contribution in [0.4, 0.5) is 0 Å². The number of amides is 2. The first kappa shape index (κ1) is 21.1. The van der Waals surface area contributed by atoms with Crippen molar-refractivity contribution in [3.63, 3.8) is 0 Å². The number of carbonyl (C=O) groups excluding carboxylic acids is 2. The van der Waals surface area contributed by atoms with Gasteiger partial charge in [-0.2, -0.15) is 0 Å². The van der Waals surface area contributed by atoms with E-state index in [-0.39, 0.29) is 17.2 Å². The summed E-state index contributed by atoms with van der Waals surface area (Å²) >= 11 is 0. The lowest BCUT2D eigenvalue weighted by atomic mass is 9.87. The van der Waals surface area contributed by atoms with Gasteiger partial charge in [-0.05, 0) is 53.6 Å². The lowest BCUT2D eigenvalue weighted by Crippen LogP contribution is -2.31. The molecule has 1 saturated heterocycles. The highest BCUT2D eigenvalue weighted by atomic mass is 16.2. The Balaban J connectivity index is 1.55. The zero-order chi connectivity index (χ0) is 20.9. The van der Waals surface area contributed by atoms with E-state index in [2.05, 4.69) is 26.1 Å². The summed E-state index contributed by atoms with van der Waals surface area (Å²) in [7, 11) is 0. The highest BCUT2D eigenvalue weighted by molar-refractivity contribution is 5.95. The number of hydrogen-bond donors (Lipinski definition) is 1. The molecular weight excluding hydrogens is 360 g/mol. The van der Waals surface area contributed by atoms with E-state index in [0.29, 0.717) is 12.1 Å². The Hall–Kier alpha value is -2.62. The van der Waals surface area contributed by atoms with Crippen LogP contribution in [0.15, 0.2) is 48.5 Å². The van der Waals surface area contributed by atoms with Gasteiger partial charge in [0.2, 0.25) is 0 Å². The normalized spacial score (nSPS) is 14.9. The van der Waals surface area contributed by atoms with E-state index in [1.165, 1.54) is 18.4 Å². The molecule has 29 heavy (non-hydrogen) atoms. The summed E-state index contributed by atoms with van der Waals surface area (Å²) in [6, 6.07) is 15.4. The standard InChI is InChI=1S/C25H32N2O2/c1-25(2,3)22-14-12-20(13-15-22)23(28)26-18-19-8-10-21(11-9-19)24(29)27-16-6-4-5-7-17-27/h8-15H,4-7,16-18H2,1-3H3,(H,26,28). The highest BCUT2D eigenvalue weighted by Crippen LogP contribution is 2.22. The summed E-state index contributed by atoms with van der Waals surface area (Å²) in [5.41, 5.74) is 3.64. The lowest BCUT2D eigenvalue weighted by Gasteiger charge is -2.20. The second kappa shape index (κ2) is 9.25. The van der Waals surface area contributed by atoms with E-state index in [0.717, 1.165) is 37.1 Å². The predicted octanol–water partition coefficient (Wildman–Crippen LogP) is 4.93. The van der Waals surface area contributed by atoms with Gasteiger partial charge in [-0.25, -0.2) is 0 Å². The first-order chi connectivity index (χ1) is 13.8. The summed E-state index contributed by atoms with van der Waals surface area (Å²) in [4.78, 5) is 27.1. The average Bonchev–Trinajstić information content (AvgIpc) is 3.01. The molecule has 1 N–H and O–H groups in total. The maximum atomic E-state index is 12.7. The van der Waals surface area contributed by atoms with Crippen LogP contribution >= 0.6 is 0 Å². The van der Waals surface area contributed by atoms with Crippen LogP contribution in [0.1, 0.15) is 78.3 Å². The number of carbonyl (C=O) groups is 2. The van der Waals surface area contributed by atoms with E-state index in [4.69, 9.17) is 0 Å². The Bertz CT molecular complexity index is 825. The van der Waals surface area contributed by atoms with Crippen LogP contribution in [-0.4, -0.2) is 29.8 Å². The Morgan fingerprint density at radius 2 is 1.38 bits per heavy atom. The van der Waals surface area contributed by atoms with Crippen molar-refractivity contribution in [3.05, 3.63) is 70.8 Å². The molecule has 0 radical (unpaired) electrons. The van der Waals surface area contributed by atoms with E-state index in [1.54, 1.807) is 0 Å². The fourth-order valence-electron chi connectivity index (χ4n) is 3.63. The smallest absolute Gasteiger partial charge is 0.253 e. The van der Waals surface area contributed by atoms with Crippen LogP contribution in [0.25, 0.3) is 0 Å². The van der Waals surface area contributed by atoms with Crippen LogP contribution in [0, 0.1) is 0 Å². The van der Waals surface area contributed by atoms with Crippen LogP contribution in [-0.2, 0) is 12.0 Å². The van der Waals surface area contributed by atoms with Crippen molar-refractivity contribution in [2.24, 2.45) is 0 Å². The van der Waals surface area contributed by atoms with Gasteiger partial charge in [-0.15, -0.1) is 0 Å². The molecule has 1 aliphatic heterocycles. The molecule has 1 fully saturated rings. The van der Waals surface area contributed by atoms with Crippen molar-refractivity contribution in [2.45, 2.75) is 58.4 Å². The molecule has 0 bridgehead atoms. The first-order valence-corrected chi connectivity index (χ1v) is 10.6. The van der Waals surface area contributed by atoms with Crippen LogP contribution in [0.5, 0.6) is 0 Å². The topological polar surface area (TPSA) is 49.4 Å².